The molecule has 0 aromatic heterocycles. The van der Waals surface area contributed by atoms with Crippen LogP contribution in [-0.2, 0) is 25.7 Å². The number of carbonyl (C=O) groups excluding carboxylic acids is 3. The number of aliphatic carboxylic acids is 1. The molecule has 42 heavy (non-hydrogen) atoms. The highest BCUT2D eigenvalue weighted by Crippen LogP contribution is 2.22. The summed E-state index contributed by atoms with van der Waals surface area (Å²) in [5, 5.41) is 18.1. The molecule has 1 aromatic carbocycles. The molecule has 1 aromatic rings. The summed E-state index contributed by atoms with van der Waals surface area (Å²) in [6.45, 7) is 14.4. The third kappa shape index (κ3) is 12.5. The number of carbonyl (C=O) groups is 4. The minimum atomic E-state index is -1.15. The van der Waals surface area contributed by atoms with E-state index >= 15 is 0 Å². The molecule has 236 valence electrons. The largest absolute Gasteiger partial charge is 0.480 e. The zero-order valence-electron chi connectivity index (χ0n) is 26.5. The van der Waals surface area contributed by atoms with Gasteiger partial charge in [0.2, 0.25) is 11.8 Å². The van der Waals surface area contributed by atoms with Gasteiger partial charge in [-0.25, -0.2) is 9.59 Å². The molecule has 3 amide bonds. The van der Waals surface area contributed by atoms with Crippen LogP contribution in [0.2, 0.25) is 0 Å². The van der Waals surface area contributed by atoms with Crippen molar-refractivity contribution < 1.29 is 29.0 Å². The number of nitrogens with zero attached hydrogens (tertiary/aromatic N) is 1. The number of benzene rings is 1. The van der Waals surface area contributed by atoms with Crippen molar-refractivity contribution in [2.45, 2.75) is 92.5 Å². The molecule has 0 bridgehead atoms. The van der Waals surface area contributed by atoms with E-state index in [1.165, 1.54) is 0 Å². The molecule has 0 saturated heterocycles. The van der Waals surface area contributed by atoms with E-state index < -0.39 is 41.5 Å². The lowest BCUT2D eigenvalue weighted by Gasteiger charge is -2.35. The van der Waals surface area contributed by atoms with Crippen LogP contribution in [0.3, 0.4) is 0 Å². The monoisotopic (exact) mass is 589 g/mol. The summed E-state index contributed by atoms with van der Waals surface area (Å²) >= 11 is 0. The van der Waals surface area contributed by atoms with Gasteiger partial charge in [-0.3, -0.25) is 9.59 Å². The molecule has 3 atom stereocenters. The van der Waals surface area contributed by atoms with Gasteiger partial charge in [0.25, 0.3) is 0 Å². The Kier molecular flexibility index (Phi) is 15.1. The first-order valence-electron chi connectivity index (χ1n) is 14.6. The van der Waals surface area contributed by atoms with E-state index in [-0.39, 0.29) is 24.9 Å². The molecular formula is C31H51N5O6. The molecule has 0 saturated carbocycles. The normalized spacial score (nSPS) is 14.0. The van der Waals surface area contributed by atoms with Crippen molar-refractivity contribution in [3.8, 4) is 0 Å². The van der Waals surface area contributed by atoms with Crippen LogP contribution in [0.5, 0.6) is 0 Å². The quantitative estimate of drug-likeness (QED) is 0.143. The van der Waals surface area contributed by atoms with Gasteiger partial charge in [-0.05, 0) is 62.1 Å². The number of anilines is 1. The number of rotatable bonds is 16. The summed E-state index contributed by atoms with van der Waals surface area (Å²) in [6, 6.07) is 5.39. The van der Waals surface area contributed by atoms with Gasteiger partial charge in [0.15, 0.2) is 0 Å². The highest BCUT2D eigenvalue weighted by molar-refractivity contribution is 5.95. The lowest BCUT2D eigenvalue weighted by molar-refractivity contribution is -0.141. The second-order valence-electron chi connectivity index (χ2n) is 12.0. The summed E-state index contributed by atoms with van der Waals surface area (Å²) < 4.78 is 5.22. The summed E-state index contributed by atoms with van der Waals surface area (Å²) in [4.78, 5) is 51.2. The SMILES string of the molecule is CCNc1ccc(COC(=O)NCCCCC(NC(=O)/C(C)=C/[C@H](C(C)C)N(C)C(=O)[C@@H](N)C(C)(C)C)C(=O)O)cc1. The number of amides is 3. The van der Waals surface area contributed by atoms with Crippen molar-refractivity contribution in [2.75, 3.05) is 25.5 Å². The number of ether oxygens (including phenoxy) is 1. The molecule has 0 aliphatic heterocycles. The lowest BCUT2D eigenvalue weighted by Crippen LogP contribution is -2.52. The molecular weight excluding hydrogens is 538 g/mol. The van der Waals surface area contributed by atoms with Crippen LogP contribution in [-0.4, -0.2) is 72.1 Å². The van der Waals surface area contributed by atoms with Gasteiger partial charge in [-0.2, -0.15) is 0 Å². The third-order valence-electron chi connectivity index (χ3n) is 6.95. The first-order valence-corrected chi connectivity index (χ1v) is 14.6. The summed E-state index contributed by atoms with van der Waals surface area (Å²) in [7, 11) is 1.66. The molecule has 0 aliphatic carbocycles. The van der Waals surface area contributed by atoms with Crippen molar-refractivity contribution in [2.24, 2.45) is 17.1 Å². The van der Waals surface area contributed by atoms with E-state index in [1.807, 2.05) is 65.8 Å². The summed E-state index contributed by atoms with van der Waals surface area (Å²) in [5.41, 5.74) is 7.91. The molecule has 11 nitrogen and oxygen atoms in total. The van der Waals surface area contributed by atoms with Crippen molar-refractivity contribution in [1.29, 1.82) is 0 Å². The Labute approximate surface area is 250 Å². The number of unbranched alkanes of at least 4 members (excludes halogenated alkanes) is 1. The number of hydrogen-bond donors (Lipinski definition) is 5. The number of hydrogen-bond acceptors (Lipinski definition) is 7. The van der Waals surface area contributed by atoms with Gasteiger partial charge in [0.05, 0.1) is 12.1 Å². The lowest BCUT2D eigenvalue weighted by atomic mass is 9.86. The molecule has 1 unspecified atom stereocenters. The number of nitrogens with two attached hydrogens (primary N) is 1. The van der Waals surface area contributed by atoms with Crippen molar-refractivity contribution in [3.05, 3.63) is 41.5 Å². The van der Waals surface area contributed by atoms with E-state index in [0.29, 0.717) is 25.0 Å². The molecule has 0 spiro atoms. The molecule has 0 fully saturated rings. The van der Waals surface area contributed by atoms with Crippen molar-refractivity contribution >= 4 is 29.6 Å². The fourth-order valence-electron chi connectivity index (χ4n) is 4.14. The molecule has 1 rings (SSSR count). The van der Waals surface area contributed by atoms with Crippen LogP contribution in [0.4, 0.5) is 10.5 Å². The van der Waals surface area contributed by atoms with Crippen molar-refractivity contribution in [1.82, 2.24) is 15.5 Å². The van der Waals surface area contributed by atoms with Crippen LogP contribution < -0.4 is 21.7 Å². The van der Waals surface area contributed by atoms with Crippen LogP contribution in [0.25, 0.3) is 0 Å². The van der Waals surface area contributed by atoms with Gasteiger partial charge in [0, 0.05) is 31.4 Å². The van der Waals surface area contributed by atoms with Crippen molar-refractivity contribution in [3.63, 3.8) is 0 Å². The van der Waals surface area contributed by atoms with Crippen LogP contribution in [0.1, 0.15) is 73.3 Å². The standard InChI is InChI=1S/C31H51N5O6/c1-9-33-23-15-13-22(14-16-23)19-42-30(41)34-17-11-10-12-24(29(39)40)35-27(37)21(4)18-25(20(2)3)36(8)28(38)26(32)31(5,6)7/h13-16,18,20,24-26,33H,9-12,17,19,32H2,1-8H3,(H,34,41)(H,35,37)(H,39,40)/b21-18+/t24?,25-,26-/m1/s1. The average molecular weight is 590 g/mol. The maximum atomic E-state index is 13.0. The van der Waals surface area contributed by atoms with Gasteiger partial charge in [-0.15, -0.1) is 0 Å². The highest BCUT2D eigenvalue weighted by atomic mass is 16.5. The fourth-order valence-corrected chi connectivity index (χ4v) is 4.14. The first kappa shape index (κ1) is 36.4. The number of alkyl carbamates (subject to hydrolysis) is 1. The number of likely N-dealkylation sites (N-methyl/N-ethyl adjacent to an activating group) is 1. The van der Waals surface area contributed by atoms with Crippen LogP contribution >= 0.6 is 0 Å². The highest BCUT2D eigenvalue weighted by Gasteiger charge is 2.33. The zero-order valence-corrected chi connectivity index (χ0v) is 26.5. The van der Waals surface area contributed by atoms with Crippen LogP contribution in [0, 0.1) is 11.3 Å². The maximum absolute atomic E-state index is 13.0. The minimum Gasteiger partial charge on any atom is -0.480 e. The fraction of sp³-hybridized carbons (Fsp3) is 0.613. The Morgan fingerprint density at radius 1 is 1.10 bits per heavy atom. The second kappa shape index (κ2) is 17.4. The van der Waals surface area contributed by atoms with Gasteiger partial charge >= 0.3 is 12.1 Å². The van der Waals surface area contributed by atoms with E-state index in [2.05, 4.69) is 16.0 Å². The Balaban J connectivity index is 2.58. The van der Waals surface area contributed by atoms with Gasteiger partial charge < -0.3 is 36.4 Å². The molecule has 6 N–H and O–H groups in total. The molecule has 0 aliphatic rings. The Morgan fingerprint density at radius 3 is 2.24 bits per heavy atom. The topological polar surface area (TPSA) is 163 Å². The predicted octanol–water partition coefficient (Wildman–Crippen LogP) is 3.89. The maximum Gasteiger partial charge on any atom is 0.407 e. The molecule has 0 radical (unpaired) electrons. The first-order chi connectivity index (χ1) is 19.6. The predicted molar refractivity (Wildman–Crippen MR) is 165 cm³/mol. The Hall–Kier alpha value is -3.60. The van der Waals surface area contributed by atoms with Crippen LogP contribution in [0.15, 0.2) is 35.9 Å². The van der Waals surface area contributed by atoms with E-state index in [9.17, 15) is 24.3 Å². The zero-order chi connectivity index (χ0) is 32.0. The molecule has 11 heteroatoms. The average Bonchev–Trinajstić information content (AvgIpc) is 2.92. The summed E-state index contributed by atoms with van der Waals surface area (Å²) in [5.74, 6) is -1.90. The van der Waals surface area contributed by atoms with E-state index in [4.69, 9.17) is 10.5 Å². The van der Waals surface area contributed by atoms with Gasteiger partial charge in [0.1, 0.15) is 12.6 Å². The summed E-state index contributed by atoms with van der Waals surface area (Å²) in [6.07, 6.45) is 2.29. The van der Waals surface area contributed by atoms with E-state index in [1.54, 1.807) is 24.9 Å². The number of carboxylic acid groups (broad SMARTS) is 1. The van der Waals surface area contributed by atoms with Gasteiger partial charge in [-0.1, -0.05) is 52.8 Å². The molecule has 0 heterocycles. The Bertz CT molecular complexity index is 1060. The number of nitrogens with one attached hydrogen (secondary N) is 3. The second-order valence-corrected chi connectivity index (χ2v) is 12.0. The minimum absolute atomic E-state index is 0.00743. The van der Waals surface area contributed by atoms with E-state index in [0.717, 1.165) is 17.8 Å². The third-order valence-corrected chi connectivity index (χ3v) is 6.95. The number of carboxylic acids is 1. The smallest absolute Gasteiger partial charge is 0.407 e. The Morgan fingerprint density at radius 2 is 1.71 bits per heavy atom.